The quantitative estimate of drug-likeness (QED) is 0.849. The molecule has 1 aromatic carbocycles. The average molecular weight is 268 g/mol. The van der Waals surface area contributed by atoms with Crippen LogP contribution in [0.25, 0.3) is 0 Å². The Hall–Kier alpha value is -1.75. The summed E-state index contributed by atoms with van der Waals surface area (Å²) in [4.78, 5) is 11.9. The molecule has 6 heteroatoms. The van der Waals surface area contributed by atoms with Crippen LogP contribution < -0.4 is 10.4 Å². The largest absolute Gasteiger partial charge is 0.467 e. The molecule has 0 unspecified atom stereocenters. The molecular formula is C12H14ClN3O2. The molecule has 18 heavy (non-hydrogen) atoms. The van der Waals surface area contributed by atoms with Crippen LogP contribution in [0.3, 0.4) is 0 Å². The number of methoxy groups -OCH3 is 1. The lowest BCUT2D eigenvalue weighted by Crippen LogP contribution is -2.23. The van der Waals surface area contributed by atoms with E-state index in [4.69, 9.17) is 16.3 Å². The van der Waals surface area contributed by atoms with Crippen LogP contribution in [-0.4, -0.2) is 21.5 Å². The maximum atomic E-state index is 11.9. The van der Waals surface area contributed by atoms with Gasteiger partial charge in [-0.1, -0.05) is 17.7 Å². The Morgan fingerprint density at radius 1 is 1.44 bits per heavy atom. The molecule has 0 saturated heterocycles. The summed E-state index contributed by atoms with van der Waals surface area (Å²) in [7, 11) is 3.08. The molecule has 2 rings (SSSR count). The minimum Gasteiger partial charge on any atom is -0.467 e. The molecule has 5 nitrogen and oxygen atoms in total. The molecular weight excluding hydrogens is 254 g/mol. The second-order valence-corrected chi connectivity index (χ2v) is 4.49. The highest BCUT2D eigenvalue weighted by Gasteiger charge is 2.12. The number of halogens is 1. The van der Waals surface area contributed by atoms with E-state index in [0.29, 0.717) is 17.6 Å². The third-order valence-electron chi connectivity index (χ3n) is 2.80. The van der Waals surface area contributed by atoms with E-state index in [1.165, 1.54) is 16.4 Å². The van der Waals surface area contributed by atoms with Gasteiger partial charge in [-0.25, -0.2) is 14.0 Å². The van der Waals surface area contributed by atoms with Crippen molar-refractivity contribution in [1.29, 1.82) is 0 Å². The number of aryl methyl sites for hydroxylation is 2. The average Bonchev–Trinajstić information content (AvgIpc) is 2.61. The van der Waals surface area contributed by atoms with Crippen molar-refractivity contribution in [2.45, 2.75) is 13.5 Å². The first kappa shape index (κ1) is 12.7. The van der Waals surface area contributed by atoms with Crippen LogP contribution in [-0.2, 0) is 13.6 Å². The van der Waals surface area contributed by atoms with Crippen LogP contribution in [0.2, 0.25) is 5.02 Å². The van der Waals surface area contributed by atoms with E-state index in [2.05, 4.69) is 5.10 Å². The molecule has 0 aliphatic carbocycles. The summed E-state index contributed by atoms with van der Waals surface area (Å²) in [5.41, 5.74) is 1.82. The van der Waals surface area contributed by atoms with Gasteiger partial charge < -0.3 is 4.74 Å². The Labute approximate surface area is 110 Å². The van der Waals surface area contributed by atoms with Crippen molar-refractivity contribution in [3.63, 3.8) is 0 Å². The summed E-state index contributed by atoms with van der Waals surface area (Å²) in [6.45, 7) is 2.36. The van der Waals surface area contributed by atoms with Crippen molar-refractivity contribution in [2.75, 3.05) is 7.11 Å². The van der Waals surface area contributed by atoms with Gasteiger partial charge in [-0.2, -0.15) is 0 Å². The fraction of sp³-hybridized carbons (Fsp3) is 0.333. The van der Waals surface area contributed by atoms with Gasteiger partial charge in [0.2, 0.25) is 0 Å². The van der Waals surface area contributed by atoms with Gasteiger partial charge in [-0.05, 0) is 30.2 Å². The summed E-state index contributed by atoms with van der Waals surface area (Å²) >= 11 is 5.96. The number of nitrogens with zero attached hydrogens (tertiary/aromatic N) is 3. The first-order valence-electron chi connectivity index (χ1n) is 5.45. The van der Waals surface area contributed by atoms with Gasteiger partial charge in [0, 0.05) is 12.1 Å². The third-order valence-corrected chi connectivity index (χ3v) is 3.03. The van der Waals surface area contributed by atoms with E-state index in [1.54, 1.807) is 7.05 Å². The Morgan fingerprint density at radius 3 is 2.83 bits per heavy atom. The second-order valence-electron chi connectivity index (χ2n) is 4.05. The van der Waals surface area contributed by atoms with E-state index in [0.717, 1.165) is 11.1 Å². The van der Waals surface area contributed by atoms with Gasteiger partial charge in [-0.3, -0.25) is 0 Å². The first-order valence-corrected chi connectivity index (χ1v) is 5.83. The molecule has 0 aliphatic rings. The van der Waals surface area contributed by atoms with Crippen LogP contribution in [0.1, 0.15) is 11.1 Å². The molecule has 0 atom stereocenters. The van der Waals surface area contributed by atoms with Crippen LogP contribution in [0, 0.1) is 6.92 Å². The first-order chi connectivity index (χ1) is 8.52. The molecule has 0 N–H and O–H groups in total. The Bertz CT molecular complexity index is 631. The standard InChI is InChI=1S/C12H14ClN3O2/c1-8-4-5-10(13)6-9(8)7-16-11(18-3)14-15(2)12(16)17/h4-6H,7H2,1-3H3. The summed E-state index contributed by atoms with van der Waals surface area (Å²) < 4.78 is 7.81. The van der Waals surface area contributed by atoms with Gasteiger partial charge in [0.1, 0.15) is 0 Å². The zero-order valence-corrected chi connectivity index (χ0v) is 11.2. The molecule has 0 radical (unpaired) electrons. The van der Waals surface area contributed by atoms with E-state index in [9.17, 15) is 4.79 Å². The smallest absolute Gasteiger partial charge is 0.348 e. The number of rotatable bonds is 3. The van der Waals surface area contributed by atoms with Crippen molar-refractivity contribution < 1.29 is 4.74 Å². The SMILES string of the molecule is COc1nn(C)c(=O)n1Cc1cc(Cl)ccc1C. The Balaban J connectivity index is 2.45. The van der Waals surface area contributed by atoms with Gasteiger partial charge in [0.05, 0.1) is 13.7 Å². The van der Waals surface area contributed by atoms with E-state index < -0.39 is 0 Å². The maximum Gasteiger partial charge on any atom is 0.348 e. The predicted octanol–water partition coefficient (Wildman–Crippen LogP) is 1.60. The lowest BCUT2D eigenvalue weighted by Gasteiger charge is -2.07. The van der Waals surface area contributed by atoms with Crippen molar-refractivity contribution >= 4 is 11.6 Å². The van der Waals surface area contributed by atoms with Crippen LogP contribution in [0.15, 0.2) is 23.0 Å². The normalized spacial score (nSPS) is 10.7. The van der Waals surface area contributed by atoms with Gasteiger partial charge in [0.25, 0.3) is 0 Å². The van der Waals surface area contributed by atoms with Crippen LogP contribution in [0.4, 0.5) is 0 Å². The van der Waals surface area contributed by atoms with Crippen LogP contribution >= 0.6 is 11.6 Å². The van der Waals surface area contributed by atoms with Crippen LogP contribution in [0.5, 0.6) is 6.01 Å². The summed E-state index contributed by atoms with van der Waals surface area (Å²) in [6, 6.07) is 5.88. The molecule has 1 heterocycles. The molecule has 96 valence electrons. The van der Waals surface area contributed by atoms with Crippen molar-refractivity contribution in [2.24, 2.45) is 7.05 Å². The zero-order chi connectivity index (χ0) is 13.3. The van der Waals surface area contributed by atoms with Gasteiger partial charge >= 0.3 is 11.7 Å². The number of hydrogen-bond donors (Lipinski definition) is 0. The number of aromatic nitrogens is 3. The van der Waals surface area contributed by atoms with Crippen molar-refractivity contribution in [3.8, 4) is 6.01 Å². The lowest BCUT2D eigenvalue weighted by molar-refractivity contribution is 0.357. The van der Waals surface area contributed by atoms with Gasteiger partial charge in [-0.15, -0.1) is 5.10 Å². The summed E-state index contributed by atoms with van der Waals surface area (Å²) in [5, 5.41) is 4.63. The molecule has 2 aromatic rings. The monoisotopic (exact) mass is 267 g/mol. The lowest BCUT2D eigenvalue weighted by atomic mass is 10.1. The minimum atomic E-state index is -0.216. The summed E-state index contributed by atoms with van der Waals surface area (Å²) in [5.74, 6) is 0. The molecule has 0 fully saturated rings. The summed E-state index contributed by atoms with van der Waals surface area (Å²) in [6.07, 6.45) is 0. The zero-order valence-electron chi connectivity index (χ0n) is 10.5. The fourth-order valence-corrected chi connectivity index (χ4v) is 1.94. The highest BCUT2D eigenvalue weighted by molar-refractivity contribution is 6.30. The van der Waals surface area contributed by atoms with Crippen molar-refractivity contribution in [1.82, 2.24) is 14.3 Å². The molecule has 0 amide bonds. The highest BCUT2D eigenvalue weighted by Crippen LogP contribution is 2.17. The van der Waals surface area contributed by atoms with Crippen molar-refractivity contribution in [3.05, 3.63) is 44.8 Å². The number of ether oxygens (including phenoxy) is 1. The molecule has 0 bridgehead atoms. The fourth-order valence-electron chi connectivity index (χ4n) is 1.75. The molecule has 1 aromatic heterocycles. The van der Waals surface area contributed by atoms with Gasteiger partial charge in [0.15, 0.2) is 0 Å². The highest BCUT2D eigenvalue weighted by atomic mass is 35.5. The Morgan fingerprint density at radius 2 is 2.17 bits per heavy atom. The molecule has 0 spiro atoms. The van der Waals surface area contributed by atoms with E-state index in [1.807, 2.05) is 25.1 Å². The molecule has 0 aliphatic heterocycles. The third kappa shape index (κ3) is 2.26. The number of benzene rings is 1. The number of hydrogen-bond acceptors (Lipinski definition) is 3. The second kappa shape index (κ2) is 4.86. The maximum absolute atomic E-state index is 11.9. The molecule has 0 saturated carbocycles. The predicted molar refractivity (Wildman–Crippen MR) is 69.3 cm³/mol. The Kier molecular flexibility index (Phi) is 3.43. The topological polar surface area (TPSA) is 49.1 Å². The minimum absolute atomic E-state index is 0.216. The van der Waals surface area contributed by atoms with E-state index >= 15 is 0 Å². The van der Waals surface area contributed by atoms with E-state index in [-0.39, 0.29) is 5.69 Å².